The van der Waals surface area contributed by atoms with Crippen molar-refractivity contribution in [3.8, 4) is 0 Å². The number of imide groups is 1. The van der Waals surface area contributed by atoms with Crippen molar-refractivity contribution < 1.29 is 14.4 Å². The smallest absolute Gasteiger partial charge is 0.229 e. The molecule has 0 aromatic heterocycles. The van der Waals surface area contributed by atoms with Crippen LogP contribution >= 0.6 is 0 Å². The summed E-state index contributed by atoms with van der Waals surface area (Å²) in [6, 6.07) is 0. The van der Waals surface area contributed by atoms with Crippen LogP contribution in [0.5, 0.6) is 0 Å². The first-order valence-electron chi connectivity index (χ1n) is 7.39. The largest absolute Gasteiger partial charge is 0.340 e. The summed E-state index contributed by atoms with van der Waals surface area (Å²) >= 11 is 0. The van der Waals surface area contributed by atoms with Crippen LogP contribution in [0.15, 0.2) is 0 Å². The van der Waals surface area contributed by atoms with Crippen LogP contribution in [0.1, 0.15) is 32.6 Å². The molecule has 0 spiro atoms. The zero-order valence-corrected chi connectivity index (χ0v) is 12.1. The van der Waals surface area contributed by atoms with E-state index in [-0.39, 0.29) is 17.7 Å². The Morgan fingerprint density at radius 3 is 2.15 bits per heavy atom. The van der Waals surface area contributed by atoms with Crippen molar-refractivity contribution in [3.05, 3.63) is 0 Å². The van der Waals surface area contributed by atoms with Gasteiger partial charge in [-0.05, 0) is 19.4 Å². The molecule has 6 nitrogen and oxygen atoms in total. The van der Waals surface area contributed by atoms with Gasteiger partial charge in [0, 0.05) is 52.5 Å². The highest BCUT2D eigenvalue weighted by molar-refractivity contribution is 5.97. The van der Waals surface area contributed by atoms with E-state index in [0.29, 0.717) is 25.8 Å². The highest BCUT2D eigenvalue weighted by Crippen LogP contribution is 2.12. The van der Waals surface area contributed by atoms with Crippen LogP contribution < -0.4 is 0 Å². The molecule has 0 unspecified atom stereocenters. The van der Waals surface area contributed by atoms with E-state index in [1.165, 1.54) is 4.90 Å². The van der Waals surface area contributed by atoms with Gasteiger partial charge in [-0.1, -0.05) is 0 Å². The minimum atomic E-state index is -0.0253. The fraction of sp³-hybridized carbons (Fsp3) is 0.786. The van der Waals surface area contributed by atoms with Crippen LogP contribution in [0, 0.1) is 0 Å². The highest BCUT2D eigenvalue weighted by Gasteiger charge is 2.25. The molecule has 2 aliphatic heterocycles. The molecule has 0 radical (unpaired) electrons. The molecular formula is C14H23N3O3. The van der Waals surface area contributed by atoms with Gasteiger partial charge in [-0.2, -0.15) is 0 Å². The molecule has 0 saturated carbocycles. The molecule has 2 heterocycles. The molecule has 20 heavy (non-hydrogen) atoms. The maximum atomic E-state index is 11.7. The maximum absolute atomic E-state index is 11.7. The number of rotatable bonds is 4. The van der Waals surface area contributed by atoms with Gasteiger partial charge in [-0.15, -0.1) is 0 Å². The lowest BCUT2D eigenvalue weighted by molar-refractivity contribution is -0.148. The molecule has 2 fully saturated rings. The molecular weight excluding hydrogens is 258 g/mol. The third-order valence-corrected chi connectivity index (χ3v) is 4.06. The number of piperidine rings is 1. The Labute approximate surface area is 119 Å². The summed E-state index contributed by atoms with van der Waals surface area (Å²) in [5.74, 6) is 0.0828. The van der Waals surface area contributed by atoms with Crippen molar-refractivity contribution in [2.45, 2.75) is 32.6 Å². The second kappa shape index (κ2) is 6.83. The molecule has 2 saturated heterocycles. The Morgan fingerprint density at radius 2 is 1.60 bits per heavy atom. The summed E-state index contributed by atoms with van der Waals surface area (Å²) in [5, 5.41) is 0. The van der Waals surface area contributed by atoms with Crippen LogP contribution in [0.3, 0.4) is 0 Å². The maximum Gasteiger partial charge on any atom is 0.229 e. The standard InChI is InChI=1S/C14H23N3O3/c1-12(18)16-10-8-15(9-11-16)6-3-7-17-13(19)4-2-5-14(17)20/h2-11H2,1H3. The molecule has 0 bridgehead atoms. The number of hydrogen-bond acceptors (Lipinski definition) is 4. The number of amides is 3. The van der Waals surface area contributed by atoms with Gasteiger partial charge < -0.3 is 4.90 Å². The van der Waals surface area contributed by atoms with E-state index >= 15 is 0 Å². The van der Waals surface area contributed by atoms with Crippen LogP contribution in [-0.2, 0) is 14.4 Å². The third kappa shape index (κ3) is 3.79. The lowest BCUT2D eigenvalue weighted by Crippen LogP contribution is -2.48. The van der Waals surface area contributed by atoms with E-state index in [1.54, 1.807) is 6.92 Å². The number of carbonyl (C=O) groups is 3. The Balaban J connectivity index is 1.67. The van der Waals surface area contributed by atoms with E-state index in [2.05, 4.69) is 4.90 Å². The number of nitrogens with zero attached hydrogens (tertiary/aromatic N) is 3. The van der Waals surface area contributed by atoms with Gasteiger partial charge in [-0.25, -0.2) is 0 Å². The van der Waals surface area contributed by atoms with Crippen molar-refractivity contribution in [2.24, 2.45) is 0 Å². The summed E-state index contributed by atoms with van der Waals surface area (Å²) in [7, 11) is 0. The first-order valence-corrected chi connectivity index (χ1v) is 7.39. The summed E-state index contributed by atoms with van der Waals surface area (Å²) in [5.41, 5.74) is 0. The molecule has 0 aromatic rings. The van der Waals surface area contributed by atoms with Crippen LogP contribution in [0.4, 0.5) is 0 Å². The van der Waals surface area contributed by atoms with Gasteiger partial charge in [0.1, 0.15) is 0 Å². The second-order valence-corrected chi connectivity index (χ2v) is 5.49. The van der Waals surface area contributed by atoms with Gasteiger partial charge in [0.2, 0.25) is 17.7 Å². The molecule has 3 amide bonds. The normalized spacial score (nSPS) is 21.4. The fourth-order valence-electron chi connectivity index (χ4n) is 2.79. The fourth-order valence-corrected chi connectivity index (χ4v) is 2.79. The molecule has 0 atom stereocenters. The zero-order chi connectivity index (χ0) is 14.5. The van der Waals surface area contributed by atoms with Crippen molar-refractivity contribution >= 4 is 17.7 Å². The van der Waals surface area contributed by atoms with Gasteiger partial charge in [0.15, 0.2) is 0 Å². The average molecular weight is 281 g/mol. The van der Waals surface area contributed by atoms with Crippen LogP contribution in [-0.4, -0.2) is 71.7 Å². The number of piperazine rings is 1. The number of hydrogen-bond donors (Lipinski definition) is 0. The minimum Gasteiger partial charge on any atom is -0.340 e. The molecule has 0 N–H and O–H groups in total. The lowest BCUT2D eigenvalue weighted by atomic mass is 10.1. The monoisotopic (exact) mass is 281 g/mol. The predicted octanol–water partition coefficient (Wildman–Crippen LogP) is 0.0797. The summed E-state index contributed by atoms with van der Waals surface area (Å²) in [6.07, 6.45) is 2.52. The Kier molecular flexibility index (Phi) is 5.11. The molecule has 112 valence electrons. The van der Waals surface area contributed by atoms with Gasteiger partial charge in [0.05, 0.1) is 0 Å². The van der Waals surface area contributed by atoms with E-state index in [9.17, 15) is 14.4 Å². The van der Waals surface area contributed by atoms with E-state index in [0.717, 1.165) is 39.1 Å². The molecule has 2 aliphatic rings. The SMILES string of the molecule is CC(=O)N1CCN(CCCN2C(=O)CCCC2=O)CC1. The predicted molar refractivity (Wildman–Crippen MR) is 73.9 cm³/mol. The van der Waals surface area contributed by atoms with E-state index in [4.69, 9.17) is 0 Å². The van der Waals surface area contributed by atoms with Crippen LogP contribution in [0.2, 0.25) is 0 Å². The lowest BCUT2D eigenvalue weighted by Gasteiger charge is -2.34. The average Bonchev–Trinajstić information content (AvgIpc) is 2.42. The van der Waals surface area contributed by atoms with Crippen LogP contribution in [0.25, 0.3) is 0 Å². The number of likely N-dealkylation sites (tertiary alicyclic amines) is 1. The molecule has 0 aliphatic carbocycles. The Bertz CT molecular complexity index is 373. The van der Waals surface area contributed by atoms with E-state index in [1.807, 2.05) is 4.90 Å². The highest BCUT2D eigenvalue weighted by atomic mass is 16.2. The zero-order valence-electron chi connectivity index (χ0n) is 12.1. The van der Waals surface area contributed by atoms with Gasteiger partial charge >= 0.3 is 0 Å². The Hall–Kier alpha value is -1.43. The topological polar surface area (TPSA) is 60.9 Å². The Morgan fingerprint density at radius 1 is 1.00 bits per heavy atom. The van der Waals surface area contributed by atoms with Crippen molar-refractivity contribution in [2.75, 3.05) is 39.3 Å². The van der Waals surface area contributed by atoms with Crippen molar-refractivity contribution in [1.29, 1.82) is 0 Å². The molecule has 0 aromatic carbocycles. The second-order valence-electron chi connectivity index (χ2n) is 5.49. The van der Waals surface area contributed by atoms with Crippen molar-refractivity contribution in [3.63, 3.8) is 0 Å². The van der Waals surface area contributed by atoms with Crippen molar-refractivity contribution in [1.82, 2.24) is 14.7 Å². The summed E-state index contributed by atoms with van der Waals surface area (Å²) in [6.45, 7) is 6.31. The number of carbonyl (C=O) groups excluding carboxylic acids is 3. The molecule has 2 rings (SSSR count). The van der Waals surface area contributed by atoms with E-state index < -0.39 is 0 Å². The first-order chi connectivity index (χ1) is 9.58. The minimum absolute atomic E-state index is 0.0253. The summed E-state index contributed by atoms with van der Waals surface area (Å²) < 4.78 is 0. The van der Waals surface area contributed by atoms with Gasteiger partial charge in [-0.3, -0.25) is 24.2 Å². The molecule has 6 heteroatoms. The third-order valence-electron chi connectivity index (χ3n) is 4.06. The van der Waals surface area contributed by atoms with Gasteiger partial charge in [0.25, 0.3) is 0 Å². The summed E-state index contributed by atoms with van der Waals surface area (Å²) in [4.78, 5) is 40.1. The quantitative estimate of drug-likeness (QED) is 0.685. The first kappa shape index (κ1) is 15.0.